The molecule has 0 fully saturated rings. The van der Waals surface area contributed by atoms with Gasteiger partial charge in [-0.15, -0.1) is 0 Å². The summed E-state index contributed by atoms with van der Waals surface area (Å²) < 4.78 is 40.7. The van der Waals surface area contributed by atoms with Crippen molar-refractivity contribution in [2.75, 3.05) is 24.3 Å². The second-order valence-corrected chi connectivity index (χ2v) is 10.9. The van der Waals surface area contributed by atoms with Crippen LogP contribution in [0, 0.1) is 19.8 Å². The summed E-state index contributed by atoms with van der Waals surface area (Å²) in [4.78, 5) is 0.261. The highest BCUT2D eigenvalue weighted by Gasteiger charge is 2.40. The summed E-state index contributed by atoms with van der Waals surface area (Å²) >= 11 is 0. The Bertz CT molecular complexity index is 1390. The van der Waals surface area contributed by atoms with Gasteiger partial charge in [-0.3, -0.25) is 4.72 Å². The van der Waals surface area contributed by atoms with Crippen LogP contribution in [0.2, 0.25) is 0 Å². The van der Waals surface area contributed by atoms with Crippen LogP contribution in [-0.2, 0) is 10.0 Å². The molecule has 0 spiro atoms. The summed E-state index contributed by atoms with van der Waals surface area (Å²) in [5, 5.41) is 3.67. The van der Waals surface area contributed by atoms with E-state index in [1.807, 2.05) is 56.3 Å². The van der Waals surface area contributed by atoms with Gasteiger partial charge in [-0.05, 0) is 67.1 Å². The first-order valence-corrected chi connectivity index (χ1v) is 13.2. The highest BCUT2D eigenvalue weighted by molar-refractivity contribution is 7.92. The van der Waals surface area contributed by atoms with Gasteiger partial charge in [0.05, 0.1) is 30.8 Å². The van der Waals surface area contributed by atoms with Crippen molar-refractivity contribution in [1.29, 1.82) is 0 Å². The molecule has 35 heavy (non-hydrogen) atoms. The number of methoxy groups -OCH3 is 2. The Morgan fingerprint density at radius 2 is 1.69 bits per heavy atom. The summed E-state index contributed by atoms with van der Waals surface area (Å²) in [5.41, 5.74) is 5.37. The Morgan fingerprint density at radius 3 is 2.40 bits per heavy atom. The van der Waals surface area contributed by atoms with E-state index < -0.39 is 10.0 Å². The lowest BCUT2D eigenvalue weighted by Gasteiger charge is -2.38. The van der Waals surface area contributed by atoms with Crippen molar-refractivity contribution in [1.82, 2.24) is 0 Å². The molecule has 0 aromatic heterocycles. The number of aryl methyl sites for hydroxylation is 2. The van der Waals surface area contributed by atoms with Crippen LogP contribution in [0.3, 0.4) is 0 Å². The van der Waals surface area contributed by atoms with E-state index in [4.69, 9.17) is 9.47 Å². The summed E-state index contributed by atoms with van der Waals surface area (Å²) in [6.07, 6.45) is 5.26. The highest BCUT2D eigenvalue weighted by Crippen LogP contribution is 2.52. The lowest BCUT2D eigenvalue weighted by atomic mass is 9.77. The molecule has 3 aromatic rings. The third-order valence-corrected chi connectivity index (χ3v) is 8.48. The van der Waals surface area contributed by atoms with Gasteiger partial charge in [-0.2, -0.15) is 0 Å². The van der Waals surface area contributed by atoms with Gasteiger partial charge in [0.15, 0.2) is 11.5 Å². The zero-order valence-electron chi connectivity index (χ0n) is 20.3. The first-order chi connectivity index (χ1) is 16.8. The second-order valence-electron chi connectivity index (χ2n) is 9.18. The van der Waals surface area contributed by atoms with E-state index in [1.54, 1.807) is 20.3 Å². The molecule has 0 saturated heterocycles. The zero-order chi connectivity index (χ0) is 24.7. The van der Waals surface area contributed by atoms with E-state index in [1.165, 1.54) is 0 Å². The van der Waals surface area contributed by atoms with Crippen molar-refractivity contribution in [2.45, 2.75) is 37.1 Å². The van der Waals surface area contributed by atoms with Crippen LogP contribution >= 0.6 is 0 Å². The number of hydrogen-bond donors (Lipinski definition) is 2. The Kier molecular flexibility index (Phi) is 5.97. The summed E-state index contributed by atoms with van der Waals surface area (Å²) in [6.45, 7) is 3.81. The number of anilines is 2. The number of fused-ring (bicyclic) bond motifs is 3. The number of sulfonamides is 1. The fraction of sp³-hybridized carbons (Fsp3) is 0.286. The van der Waals surface area contributed by atoms with E-state index in [2.05, 4.69) is 28.3 Å². The largest absolute Gasteiger partial charge is 0.493 e. The van der Waals surface area contributed by atoms with Crippen LogP contribution in [0.1, 0.15) is 40.6 Å². The minimum Gasteiger partial charge on any atom is -0.493 e. The topological polar surface area (TPSA) is 76.7 Å². The second kappa shape index (κ2) is 8.96. The molecule has 1 heterocycles. The quantitative estimate of drug-likeness (QED) is 0.418. The van der Waals surface area contributed by atoms with Gasteiger partial charge in [-0.1, -0.05) is 42.5 Å². The van der Waals surface area contributed by atoms with Crippen LogP contribution in [0.4, 0.5) is 11.4 Å². The Labute approximate surface area is 207 Å². The molecule has 3 aromatic carbocycles. The van der Waals surface area contributed by atoms with Crippen molar-refractivity contribution in [3.8, 4) is 11.5 Å². The van der Waals surface area contributed by atoms with Crippen LogP contribution in [0.5, 0.6) is 11.5 Å². The molecule has 5 rings (SSSR count). The van der Waals surface area contributed by atoms with Crippen molar-refractivity contribution >= 4 is 21.4 Å². The molecule has 0 radical (unpaired) electrons. The lowest BCUT2D eigenvalue weighted by Crippen LogP contribution is -2.29. The first-order valence-electron chi connectivity index (χ1n) is 11.7. The van der Waals surface area contributed by atoms with Crippen molar-refractivity contribution < 1.29 is 17.9 Å². The number of ether oxygens (including phenoxy) is 2. The van der Waals surface area contributed by atoms with Crippen molar-refractivity contribution in [3.05, 3.63) is 89.0 Å². The Balaban J connectivity index is 1.53. The standard InChI is InChI=1S/C28H30N2O4S/c1-17-8-5-9-18(2)26(17)30-35(31,32)19-14-15-24-23(16-19)20-10-6-11-21(20)27(29-24)22-12-7-13-25(33-3)28(22)34-4/h5-10,12-16,20-21,27,29-30H,11H2,1-4H3/t20-,21+,27-/m0/s1. The number of hydrogen-bond acceptors (Lipinski definition) is 5. The molecule has 7 heteroatoms. The Morgan fingerprint density at radius 1 is 0.943 bits per heavy atom. The minimum atomic E-state index is -3.74. The fourth-order valence-corrected chi connectivity index (χ4v) is 6.61. The summed E-state index contributed by atoms with van der Waals surface area (Å²) in [6, 6.07) is 17.0. The minimum absolute atomic E-state index is 0.00255. The predicted molar refractivity (Wildman–Crippen MR) is 139 cm³/mol. The van der Waals surface area contributed by atoms with Gasteiger partial charge in [0.1, 0.15) is 0 Å². The van der Waals surface area contributed by atoms with Crippen molar-refractivity contribution in [3.63, 3.8) is 0 Å². The van der Waals surface area contributed by atoms with Gasteiger partial charge in [-0.25, -0.2) is 8.42 Å². The first kappa shape index (κ1) is 23.3. The van der Waals surface area contributed by atoms with E-state index >= 15 is 0 Å². The molecule has 1 aliphatic heterocycles. The molecule has 3 atom stereocenters. The number of allylic oxidation sites excluding steroid dienone is 2. The third-order valence-electron chi connectivity index (χ3n) is 7.13. The normalized spacial score (nSPS) is 20.5. The maximum absolute atomic E-state index is 13.3. The van der Waals surface area contributed by atoms with E-state index in [0.717, 1.165) is 40.1 Å². The molecule has 1 aliphatic carbocycles. The monoisotopic (exact) mass is 490 g/mol. The van der Waals surface area contributed by atoms with Gasteiger partial charge in [0.25, 0.3) is 10.0 Å². The number of benzene rings is 3. The molecule has 0 amide bonds. The lowest BCUT2D eigenvalue weighted by molar-refractivity contribution is 0.341. The highest BCUT2D eigenvalue weighted by atomic mass is 32.2. The Hall–Kier alpha value is -3.45. The predicted octanol–water partition coefficient (Wildman–Crippen LogP) is 5.95. The molecule has 0 bridgehead atoms. The molecule has 6 nitrogen and oxygen atoms in total. The van der Waals surface area contributed by atoms with Crippen molar-refractivity contribution in [2.24, 2.45) is 5.92 Å². The molecule has 0 unspecified atom stereocenters. The molecule has 2 N–H and O–H groups in total. The number of nitrogens with one attached hydrogen (secondary N) is 2. The SMILES string of the molecule is COc1cccc([C@H]2Nc3ccc(S(=O)(=O)Nc4c(C)cccc4C)cc3[C@H]3C=CC[C@H]32)c1OC. The van der Waals surface area contributed by atoms with Gasteiger partial charge < -0.3 is 14.8 Å². The van der Waals surface area contributed by atoms with Crippen LogP contribution in [0.25, 0.3) is 0 Å². The average molecular weight is 491 g/mol. The van der Waals surface area contributed by atoms with Crippen LogP contribution in [-0.4, -0.2) is 22.6 Å². The number of para-hydroxylation sites is 2. The van der Waals surface area contributed by atoms with Crippen LogP contribution < -0.4 is 19.5 Å². The van der Waals surface area contributed by atoms with Gasteiger partial charge in [0, 0.05) is 17.2 Å². The molecule has 0 saturated carbocycles. The van der Waals surface area contributed by atoms with E-state index in [0.29, 0.717) is 11.4 Å². The fourth-order valence-electron chi connectivity index (χ4n) is 5.37. The average Bonchev–Trinajstić information content (AvgIpc) is 3.35. The summed E-state index contributed by atoms with van der Waals surface area (Å²) in [7, 11) is -0.450. The maximum atomic E-state index is 13.3. The maximum Gasteiger partial charge on any atom is 0.261 e. The molecule has 2 aliphatic rings. The molecular weight excluding hydrogens is 460 g/mol. The van der Waals surface area contributed by atoms with Gasteiger partial charge in [0.2, 0.25) is 0 Å². The van der Waals surface area contributed by atoms with E-state index in [9.17, 15) is 8.42 Å². The third kappa shape index (κ3) is 4.04. The van der Waals surface area contributed by atoms with Crippen LogP contribution in [0.15, 0.2) is 71.6 Å². The van der Waals surface area contributed by atoms with Gasteiger partial charge >= 0.3 is 0 Å². The zero-order valence-corrected chi connectivity index (χ0v) is 21.1. The molecule has 182 valence electrons. The smallest absolute Gasteiger partial charge is 0.261 e. The summed E-state index contributed by atoms with van der Waals surface area (Å²) in [5.74, 6) is 1.74. The van der Waals surface area contributed by atoms with E-state index in [-0.39, 0.29) is 22.8 Å². The molecular formula is C28H30N2O4S. The number of rotatable bonds is 6.